The lowest BCUT2D eigenvalue weighted by Gasteiger charge is -2.21. The molecule has 0 aromatic heterocycles. The van der Waals surface area contributed by atoms with E-state index in [0.29, 0.717) is 19.6 Å². The van der Waals surface area contributed by atoms with Crippen molar-refractivity contribution >= 4 is 5.91 Å². The van der Waals surface area contributed by atoms with Crippen LogP contribution in [0.4, 0.5) is 0 Å². The number of hydrogen-bond donors (Lipinski definition) is 3. The second kappa shape index (κ2) is 6.77. The molecule has 2 aliphatic heterocycles. The maximum atomic E-state index is 12.3. The first-order valence-electron chi connectivity index (χ1n) is 8.18. The number of nitrogens with zero attached hydrogens (tertiary/aromatic N) is 1. The highest BCUT2D eigenvalue weighted by atomic mass is 16.3. The molecule has 5 nitrogen and oxygen atoms in total. The van der Waals surface area contributed by atoms with Gasteiger partial charge >= 0.3 is 0 Å². The number of carbonyl (C=O) groups is 1. The van der Waals surface area contributed by atoms with E-state index in [1.165, 1.54) is 0 Å². The Morgan fingerprint density at radius 1 is 1.27 bits per heavy atom. The van der Waals surface area contributed by atoms with Crippen molar-refractivity contribution in [2.45, 2.75) is 31.4 Å². The molecule has 1 amide bonds. The van der Waals surface area contributed by atoms with Crippen LogP contribution in [-0.2, 0) is 6.54 Å². The van der Waals surface area contributed by atoms with E-state index >= 15 is 0 Å². The summed E-state index contributed by atoms with van der Waals surface area (Å²) in [7, 11) is 0. The van der Waals surface area contributed by atoms with E-state index in [9.17, 15) is 9.90 Å². The van der Waals surface area contributed by atoms with Crippen LogP contribution >= 0.6 is 0 Å². The first kappa shape index (κ1) is 15.5. The maximum absolute atomic E-state index is 12.3. The molecule has 3 rings (SSSR count). The Hall–Kier alpha value is -1.43. The van der Waals surface area contributed by atoms with Crippen LogP contribution in [0.2, 0.25) is 0 Å². The Bertz CT molecular complexity index is 503. The van der Waals surface area contributed by atoms with Crippen LogP contribution in [0, 0.1) is 0 Å². The Morgan fingerprint density at radius 2 is 2.00 bits per heavy atom. The third kappa shape index (κ3) is 3.66. The molecule has 2 heterocycles. The van der Waals surface area contributed by atoms with Crippen LogP contribution in [0.25, 0.3) is 0 Å². The van der Waals surface area contributed by atoms with Gasteiger partial charge in [-0.1, -0.05) is 12.1 Å². The molecule has 120 valence electrons. The van der Waals surface area contributed by atoms with Crippen molar-refractivity contribution in [3.63, 3.8) is 0 Å². The summed E-state index contributed by atoms with van der Waals surface area (Å²) in [5.74, 6) is 0.142. The van der Waals surface area contributed by atoms with Crippen molar-refractivity contribution in [3.05, 3.63) is 35.4 Å². The summed E-state index contributed by atoms with van der Waals surface area (Å²) in [4.78, 5) is 14.2. The van der Waals surface area contributed by atoms with Crippen LogP contribution in [0.5, 0.6) is 0 Å². The number of aliphatic hydroxyl groups is 1. The molecule has 0 spiro atoms. The SMILES string of the molecule is O=C(c1ccc(CNCC2(O)CCNC2)cc1)N1CCCC1. The number of likely N-dealkylation sites (tertiary alicyclic amines) is 1. The standard InChI is InChI=1S/C17H25N3O2/c21-16(20-9-1-2-10-20)15-5-3-14(4-6-15)11-19-13-17(22)7-8-18-12-17/h3-6,18-19,22H,1-2,7-13H2. The zero-order valence-corrected chi connectivity index (χ0v) is 13.0. The number of nitrogens with one attached hydrogen (secondary N) is 2. The number of amides is 1. The topological polar surface area (TPSA) is 64.6 Å². The zero-order valence-electron chi connectivity index (χ0n) is 13.0. The van der Waals surface area contributed by atoms with Crippen molar-refractivity contribution in [3.8, 4) is 0 Å². The van der Waals surface area contributed by atoms with Gasteiger partial charge in [0, 0.05) is 38.3 Å². The fourth-order valence-electron chi connectivity index (χ4n) is 3.19. The first-order valence-corrected chi connectivity index (χ1v) is 8.18. The molecule has 5 heteroatoms. The second-order valence-electron chi connectivity index (χ2n) is 6.45. The molecular weight excluding hydrogens is 278 g/mol. The van der Waals surface area contributed by atoms with Crippen LogP contribution in [0.3, 0.4) is 0 Å². The number of benzene rings is 1. The van der Waals surface area contributed by atoms with E-state index in [0.717, 1.165) is 50.0 Å². The molecular formula is C17H25N3O2. The number of hydrogen-bond acceptors (Lipinski definition) is 4. The maximum Gasteiger partial charge on any atom is 0.253 e. The largest absolute Gasteiger partial charge is 0.387 e. The lowest BCUT2D eigenvalue weighted by Crippen LogP contribution is -2.42. The smallest absolute Gasteiger partial charge is 0.253 e. The highest BCUT2D eigenvalue weighted by molar-refractivity contribution is 5.94. The van der Waals surface area contributed by atoms with E-state index in [1.807, 2.05) is 29.2 Å². The third-order valence-corrected chi connectivity index (χ3v) is 4.60. The Labute approximate surface area is 131 Å². The van der Waals surface area contributed by atoms with E-state index in [4.69, 9.17) is 0 Å². The van der Waals surface area contributed by atoms with Crippen molar-refractivity contribution in [2.24, 2.45) is 0 Å². The van der Waals surface area contributed by atoms with Gasteiger partial charge in [0.1, 0.15) is 0 Å². The minimum Gasteiger partial charge on any atom is -0.387 e. The average molecular weight is 303 g/mol. The van der Waals surface area contributed by atoms with Gasteiger partial charge in [-0.3, -0.25) is 4.79 Å². The summed E-state index contributed by atoms with van der Waals surface area (Å²) >= 11 is 0. The summed E-state index contributed by atoms with van der Waals surface area (Å²) in [6.07, 6.45) is 3.03. The van der Waals surface area contributed by atoms with Crippen molar-refractivity contribution in [2.75, 3.05) is 32.7 Å². The Morgan fingerprint density at radius 3 is 2.64 bits per heavy atom. The van der Waals surface area contributed by atoms with Crippen LogP contribution in [0.15, 0.2) is 24.3 Å². The number of carbonyl (C=O) groups excluding carboxylic acids is 1. The molecule has 22 heavy (non-hydrogen) atoms. The summed E-state index contributed by atoms with van der Waals surface area (Å²) in [5, 5.41) is 16.7. The predicted molar refractivity (Wildman–Crippen MR) is 85.7 cm³/mol. The van der Waals surface area contributed by atoms with Gasteiger partial charge in [0.2, 0.25) is 0 Å². The minimum atomic E-state index is -0.619. The van der Waals surface area contributed by atoms with Gasteiger partial charge in [-0.05, 0) is 43.5 Å². The quantitative estimate of drug-likeness (QED) is 0.750. The molecule has 0 bridgehead atoms. The summed E-state index contributed by atoms with van der Waals surface area (Å²) in [6.45, 7) is 4.60. The zero-order chi connectivity index (χ0) is 15.4. The summed E-state index contributed by atoms with van der Waals surface area (Å²) in [5.41, 5.74) is 1.28. The fourth-order valence-corrected chi connectivity index (χ4v) is 3.19. The van der Waals surface area contributed by atoms with E-state index in [-0.39, 0.29) is 5.91 Å². The van der Waals surface area contributed by atoms with Crippen molar-refractivity contribution < 1.29 is 9.90 Å². The molecule has 1 unspecified atom stereocenters. The first-order chi connectivity index (χ1) is 10.7. The molecule has 2 saturated heterocycles. The molecule has 0 saturated carbocycles. The highest BCUT2D eigenvalue weighted by Gasteiger charge is 2.30. The van der Waals surface area contributed by atoms with Gasteiger partial charge in [0.05, 0.1) is 5.60 Å². The molecule has 3 N–H and O–H groups in total. The van der Waals surface area contributed by atoms with Crippen LogP contribution < -0.4 is 10.6 Å². The van der Waals surface area contributed by atoms with Crippen molar-refractivity contribution in [1.29, 1.82) is 0 Å². The molecule has 2 fully saturated rings. The van der Waals surface area contributed by atoms with Gasteiger partial charge in [-0.2, -0.15) is 0 Å². The molecule has 1 aromatic rings. The fraction of sp³-hybridized carbons (Fsp3) is 0.588. The normalized spacial score (nSPS) is 24.9. The van der Waals surface area contributed by atoms with Crippen LogP contribution in [0.1, 0.15) is 35.2 Å². The Kier molecular flexibility index (Phi) is 4.76. The van der Waals surface area contributed by atoms with Crippen LogP contribution in [-0.4, -0.2) is 54.2 Å². The third-order valence-electron chi connectivity index (χ3n) is 4.60. The minimum absolute atomic E-state index is 0.142. The lowest BCUT2D eigenvalue weighted by atomic mass is 10.0. The average Bonchev–Trinajstić information content (AvgIpc) is 3.19. The van der Waals surface area contributed by atoms with Gasteiger partial charge in [0.15, 0.2) is 0 Å². The molecule has 1 atom stereocenters. The van der Waals surface area contributed by atoms with Gasteiger partial charge in [-0.25, -0.2) is 0 Å². The molecule has 0 aliphatic carbocycles. The monoisotopic (exact) mass is 303 g/mol. The predicted octanol–water partition coefficient (Wildman–Crippen LogP) is 0.737. The summed E-state index contributed by atoms with van der Waals surface area (Å²) in [6, 6.07) is 7.80. The van der Waals surface area contributed by atoms with E-state index in [1.54, 1.807) is 0 Å². The molecule has 0 radical (unpaired) electrons. The molecule has 2 aliphatic rings. The van der Waals surface area contributed by atoms with Gasteiger partial charge in [0.25, 0.3) is 5.91 Å². The lowest BCUT2D eigenvalue weighted by molar-refractivity contribution is 0.0609. The van der Waals surface area contributed by atoms with Gasteiger partial charge in [-0.15, -0.1) is 0 Å². The molecule has 1 aromatic carbocycles. The second-order valence-corrected chi connectivity index (χ2v) is 6.45. The Balaban J connectivity index is 1.49. The van der Waals surface area contributed by atoms with Gasteiger partial charge < -0.3 is 20.6 Å². The van der Waals surface area contributed by atoms with E-state index in [2.05, 4.69) is 10.6 Å². The highest BCUT2D eigenvalue weighted by Crippen LogP contribution is 2.15. The van der Waals surface area contributed by atoms with Crippen molar-refractivity contribution in [1.82, 2.24) is 15.5 Å². The number of rotatable bonds is 5. The number of β-amino-alcohol motifs (C(OH)–C–C–N with tert-alkyl or cyclic N) is 1. The van der Waals surface area contributed by atoms with E-state index < -0.39 is 5.60 Å². The summed E-state index contributed by atoms with van der Waals surface area (Å²) < 4.78 is 0.